The molecule has 0 fully saturated rings. The molecule has 57 heavy (non-hydrogen) atoms. The number of nitrogens with zero attached hydrogens (tertiary/aromatic N) is 8. The Morgan fingerprint density at radius 2 is 0.895 bits per heavy atom. The Hall–Kier alpha value is -5.00. The summed E-state index contributed by atoms with van der Waals surface area (Å²) >= 11 is 0. The predicted octanol–water partition coefficient (Wildman–Crippen LogP) is 0.844. The summed E-state index contributed by atoms with van der Waals surface area (Å²) in [7, 11) is -3.73. The molecule has 7 rings (SSSR count). The van der Waals surface area contributed by atoms with E-state index in [1.54, 1.807) is 24.8 Å². The van der Waals surface area contributed by atoms with Crippen molar-refractivity contribution >= 4 is 16.1 Å². The second-order valence-corrected chi connectivity index (χ2v) is 12.3. The third kappa shape index (κ3) is 17.4. The zero-order valence-corrected chi connectivity index (χ0v) is 33.9. The number of aliphatic hydroxyl groups is 1. The molecular formula is C36H42Ag2N8O10S. The van der Waals surface area contributed by atoms with Gasteiger partial charge in [0.15, 0.2) is 0 Å². The van der Waals surface area contributed by atoms with Crippen LogP contribution in [0.25, 0.3) is 0 Å². The number of carboxylic acid groups (broad SMARTS) is 1. The van der Waals surface area contributed by atoms with E-state index in [-0.39, 0.29) is 61.2 Å². The van der Waals surface area contributed by atoms with E-state index in [9.17, 15) is 22.9 Å². The third-order valence-electron chi connectivity index (χ3n) is 7.36. The number of rotatable bonds is 10. The molecule has 0 atom stereocenters. The SMILES string of the molecule is CO.O.O.O.O=C(O)c1cc(S(=O)(=O)[O-])ccc1[O-].[Ag+].[Ag+].c1ccc(Cn2ccnc2)c(Cn2ccnc2)c1.c1ccc(Cn2ccnc2)c(Cn2ccnc2)c1. The molecule has 21 heteroatoms. The van der Waals surface area contributed by atoms with Gasteiger partial charge in [-0.05, 0) is 34.4 Å². The van der Waals surface area contributed by atoms with Crippen LogP contribution >= 0.6 is 0 Å². The second kappa shape index (κ2) is 27.6. The van der Waals surface area contributed by atoms with Crippen molar-refractivity contribution in [1.29, 1.82) is 0 Å². The number of imidazole rings is 4. The molecule has 18 nitrogen and oxygen atoms in total. The van der Waals surface area contributed by atoms with Gasteiger partial charge in [-0.15, -0.1) is 0 Å². The van der Waals surface area contributed by atoms with E-state index < -0.39 is 32.3 Å². The first-order chi connectivity index (χ1) is 25.2. The van der Waals surface area contributed by atoms with Gasteiger partial charge in [0.05, 0.1) is 35.8 Å². The number of aromatic carboxylic acids is 1. The number of hydrogen-bond acceptors (Lipinski definition) is 10. The van der Waals surface area contributed by atoms with E-state index in [1.807, 2.05) is 50.1 Å². The van der Waals surface area contributed by atoms with Crippen molar-refractivity contribution in [3.63, 3.8) is 0 Å². The van der Waals surface area contributed by atoms with Crippen LogP contribution in [0.1, 0.15) is 32.6 Å². The summed E-state index contributed by atoms with van der Waals surface area (Å²) in [5.41, 5.74) is 4.50. The minimum Gasteiger partial charge on any atom is -0.872 e. The van der Waals surface area contributed by atoms with Gasteiger partial charge in [-0.2, -0.15) is 0 Å². The minimum absolute atomic E-state index is 0. The van der Waals surface area contributed by atoms with Gasteiger partial charge in [0, 0.05) is 82.9 Å². The normalized spacial score (nSPS) is 9.60. The molecule has 0 amide bonds. The van der Waals surface area contributed by atoms with E-state index in [1.165, 1.54) is 22.3 Å². The van der Waals surface area contributed by atoms with E-state index in [4.69, 9.17) is 10.2 Å². The van der Waals surface area contributed by atoms with Crippen molar-refractivity contribution in [3.8, 4) is 5.75 Å². The Kier molecular flexibility index (Phi) is 26.2. The Labute approximate surface area is 359 Å². The van der Waals surface area contributed by atoms with Crippen molar-refractivity contribution in [2.24, 2.45) is 0 Å². The summed E-state index contributed by atoms with van der Waals surface area (Å²) in [5, 5.41) is 26.3. The van der Waals surface area contributed by atoms with Crippen LogP contribution in [0.2, 0.25) is 0 Å². The molecule has 0 aliphatic rings. The van der Waals surface area contributed by atoms with Crippen LogP contribution in [0.15, 0.2) is 147 Å². The first kappa shape index (κ1) is 54.1. The van der Waals surface area contributed by atoms with Crippen molar-refractivity contribution in [1.82, 2.24) is 38.2 Å². The van der Waals surface area contributed by atoms with Crippen molar-refractivity contribution < 1.29 is 94.3 Å². The van der Waals surface area contributed by atoms with Gasteiger partial charge in [0.1, 0.15) is 10.1 Å². The van der Waals surface area contributed by atoms with Gasteiger partial charge in [0.25, 0.3) is 0 Å². The van der Waals surface area contributed by atoms with Gasteiger partial charge in [0.2, 0.25) is 0 Å². The largest absolute Gasteiger partial charge is 1.00 e. The summed E-state index contributed by atoms with van der Waals surface area (Å²) in [6.45, 7) is 3.41. The standard InChI is InChI=1S/2C14H14N4.C7H6O6S.CH4O.2Ag.3H2O/c2*1-2-4-14(10-18-8-6-16-12-18)13(3-1)9-17-7-5-15-11-17;8-6-2-1-4(14(11,12)13)3-5(6)7(9)10;1-2;;;;;/h2*1-8,11-12H,9-10H2;1-3,8H,(H,9,10)(H,11,12,13);2H,1H3;;;3*1H2/q;;;;2*+1;;;/p-2. The molecule has 0 radical (unpaired) electrons. The van der Waals surface area contributed by atoms with Gasteiger partial charge >= 0.3 is 50.7 Å². The topological polar surface area (TPSA) is 304 Å². The zero-order chi connectivity index (χ0) is 37.3. The van der Waals surface area contributed by atoms with Crippen LogP contribution in [0.3, 0.4) is 0 Å². The molecule has 3 aromatic carbocycles. The first-order valence-electron chi connectivity index (χ1n) is 15.6. The minimum atomic E-state index is -4.73. The first-order valence-corrected chi connectivity index (χ1v) is 17.0. The molecule has 0 saturated heterocycles. The van der Waals surface area contributed by atoms with E-state index >= 15 is 0 Å². The smallest absolute Gasteiger partial charge is 0.872 e. The molecule has 0 saturated carbocycles. The summed E-state index contributed by atoms with van der Waals surface area (Å²) in [4.78, 5) is 26.0. The van der Waals surface area contributed by atoms with Crippen LogP contribution in [-0.4, -0.2) is 90.9 Å². The molecule has 0 unspecified atom stereocenters. The fourth-order valence-corrected chi connectivity index (χ4v) is 5.37. The van der Waals surface area contributed by atoms with E-state index in [2.05, 4.69) is 86.7 Å². The maximum absolute atomic E-state index is 10.9. The Morgan fingerprint density at radius 3 is 1.12 bits per heavy atom. The maximum atomic E-state index is 10.9. The molecule has 0 spiro atoms. The number of aromatic nitrogens is 8. The van der Waals surface area contributed by atoms with Gasteiger partial charge in [-0.3, -0.25) is 0 Å². The van der Waals surface area contributed by atoms with Crippen molar-refractivity contribution in [3.05, 3.63) is 169 Å². The number of benzene rings is 3. The Morgan fingerprint density at radius 1 is 0.596 bits per heavy atom. The molecule has 7 aromatic rings. The summed E-state index contributed by atoms with van der Waals surface area (Å²) in [6, 6.07) is 19.0. The summed E-state index contributed by atoms with van der Waals surface area (Å²) < 4.78 is 39.7. The van der Waals surface area contributed by atoms with Crippen molar-refractivity contribution in [2.75, 3.05) is 7.11 Å². The van der Waals surface area contributed by atoms with Crippen molar-refractivity contribution in [2.45, 2.75) is 31.1 Å². The van der Waals surface area contributed by atoms with Crippen LogP contribution < -0.4 is 5.11 Å². The summed E-state index contributed by atoms with van der Waals surface area (Å²) in [6.07, 6.45) is 22.5. The molecule has 8 N–H and O–H groups in total. The van der Waals surface area contributed by atoms with E-state index in [0.717, 1.165) is 45.4 Å². The summed E-state index contributed by atoms with van der Waals surface area (Å²) in [5.74, 6) is -2.41. The molecular weight excluding hydrogens is 952 g/mol. The fraction of sp³-hybridized carbons (Fsp3) is 0.139. The van der Waals surface area contributed by atoms with Gasteiger partial charge < -0.3 is 54.6 Å². The van der Waals surface area contributed by atoms with Gasteiger partial charge in [-0.1, -0.05) is 60.3 Å². The number of aliphatic hydroxyl groups excluding tert-OH is 1. The Balaban J connectivity index is 0. The fourth-order valence-electron chi connectivity index (χ4n) is 4.87. The van der Waals surface area contributed by atoms with Crippen LogP contribution in [0, 0.1) is 0 Å². The number of hydrogen-bond donors (Lipinski definition) is 2. The van der Waals surface area contributed by atoms with Crippen LogP contribution in [-0.2, 0) is 81.1 Å². The van der Waals surface area contributed by atoms with Crippen LogP contribution in [0.4, 0.5) is 0 Å². The molecule has 314 valence electrons. The molecule has 0 aliphatic carbocycles. The Bertz CT molecular complexity index is 1990. The molecule has 0 aliphatic heterocycles. The molecule has 0 bridgehead atoms. The number of carboxylic acids is 1. The average molecular weight is 995 g/mol. The maximum Gasteiger partial charge on any atom is 1.00 e. The number of carbonyl (C=O) groups is 1. The van der Waals surface area contributed by atoms with E-state index in [0.29, 0.717) is 6.07 Å². The van der Waals surface area contributed by atoms with Crippen LogP contribution in [0.5, 0.6) is 5.75 Å². The second-order valence-electron chi connectivity index (χ2n) is 10.9. The monoisotopic (exact) mass is 992 g/mol. The average Bonchev–Trinajstić information content (AvgIpc) is 3.98. The predicted molar refractivity (Wildman–Crippen MR) is 198 cm³/mol. The molecule has 4 aromatic heterocycles. The third-order valence-corrected chi connectivity index (χ3v) is 8.19. The zero-order valence-electron chi connectivity index (χ0n) is 30.1. The van der Waals surface area contributed by atoms with Gasteiger partial charge in [-0.25, -0.2) is 33.1 Å². The quantitative estimate of drug-likeness (QED) is 0.143. The molecule has 4 heterocycles.